The quantitative estimate of drug-likeness (QED) is 0.0219. The van der Waals surface area contributed by atoms with Crippen LogP contribution in [0.2, 0.25) is 0 Å². The number of rotatable bonds is 22. The molecule has 0 bridgehead atoms. The summed E-state index contributed by atoms with van der Waals surface area (Å²) in [6, 6.07) is -6.68. The molecular formula is C24H44N12O8S2. The Morgan fingerprint density at radius 2 is 0.978 bits per heavy atom. The number of carboxylic acid groups (broad SMARTS) is 1. The first-order valence-electron chi connectivity index (χ1n) is 13.8. The monoisotopic (exact) mass is 692 g/mol. The Morgan fingerprint density at radius 3 is 1.35 bits per heavy atom. The minimum atomic E-state index is -1.71. The molecule has 20 nitrogen and oxygen atoms in total. The summed E-state index contributed by atoms with van der Waals surface area (Å²) >= 11 is 8.10. The molecule has 0 aromatic rings. The Hall–Kier alpha value is -4.47. The Kier molecular flexibility index (Phi) is 20.0. The third-order valence-electron chi connectivity index (χ3n) is 5.89. The Balaban J connectivity index is 5.58. The second-order valence-electron chi connectivity index (χ2n) is 9.76. The number of guanidine groups is 2. The van der Waals surface area contributed by atoms with Crippen LogP contribution in [-0.4, -0.2) is 113 Å². The highest BCUT2D eigenvalue weighted by molar-refractivity contribution is 7.80. The highest BCUT2D eigenvalue weighted by atomic mass is 32.1. The van der Waals surface area contributed by atoms with E-state index in [0.717, 1.165) is 0 Å². The molecule has 0 rings (SSSR count). The molecule has 0 saturated heterocycles. The minimum absolute atomic E-state index is 0.0681. The van der Waals surface area contributed by atoms with Crippen molar-refractivity contribution in [2.45, 2.75) is 69.2 Å². The number of primary amides is 1. The lowest BCUT2D eigenvalue weighted by atomic mass is 10.1. The number of nitrogens with zero attached hydrogens (tertiary/aromatic N) is 2. The van der Waals surface area contributed by atoms with Gasteiger partial charge in [0.25, 0.3) is 0 Å². The van der Waals surface area contributed by atoms with Crippen LogP contribution in [0.4, 0.5) is 0 Å². The fourth-order valence-electron chi connectivity index (χ4n) is 3.67. The Morgan fingerprint density at radius 1 is 0.609 bits per heavy atom. The first-order chi connectivity index (χ1) is 21.5. The van der Waals surface area contributed by atoms with Crippen LogP contribution in [0.25, 0.3) is 0 Å². The largest absolute Gasteiger partial charge is 0.481 e. The maximum absolute atomic E-state index is 13.0. The number of carboxylic acids is 1. The number of aliphatic imine (C=N–C) groups is 2. The molecule has 260 valence electrons. The molecule has 0 fully saturated rings. The number of hydrogen-bond acceptors (Lipinski definition) is 11. The van der Waals surface area contributed by atoms with Gasteiger partial charge in [-0.05, 0) is 25.7 Å². The average molecular weight is 693 g/mol. The second kappa shape index (κ2) is 22.1. The number of nitrogens with two attached hydrogens (primary N) is 5. The molecule has 16 N–H and O–H groups in total. The van der Waals surface area contributed by atoms with Crippen LogP contribution in [0.15, 0.2) is 9.98 Å². The van der Waals surface area contributed by atoms with Crippen LogP contribution >= 0.6 is 25.3 Å². The second-order valence-corrected chi connectivity index (χ2v) is 10.5. The van der Waals surface area contributed by atoms with Crippen LogP contribution < -0.4 is 55.3 Å². The Bertz CT molecular complexity index is 1150. The number of carbonyl (C=O) groups is 7. The van der Waals surface area contributed by atoms with E-state index in [0.29, 0.717) is 6.42 Å². The van der Waals surface area contributed by atoms with Crippen LogP contribution in [0.1, 0.15) is 39.0 Å². The molecule has 0 aliphatic heterocycles. The number of nitrogens with one attached hydrogen (secondary N) is 5. The van der Waals surface area contributed by atoms with Crippen molar-refractivity contribution in [2.75, 3.05) is 24.6 Å². The molecule has 46 heavy (non-hydrogen) atoms. The lowest BCUT2D eigenvalue weighted by Gasteiger charge is -2.25. The van der Waals surface area contributed by atoms with E-state index in [1.165, 1.54) is 6.92 Å². The van der Waals surface area contributed by atoms with Crippen LogP contribution in [-0.2, 0) is 33.6 Å². The number of hydrogen-bond donors (Lipinski definition) is 13. The maximum atomic E-state index is 13.0. The van der Waals surface area contributed by atoms with Crippen LogP contribution in [0.3, 0.4) is 0 Å². The summed E-state index contributed by atoms with van der Waals surface area (Å²) in [6.45, 7) is 1.52. The van der Waals surface area contributed by atoms with Crippen molar-refractivity contribution in [3.8, 4) is 0 Å². The van der Waals surface area contributed by atoms with E-state index < -0.39 is 78.0 Å². The lowest BCUT2D eigenvalue weighted by molar-refractivity contribution is -0.141. The zero-order chi connectivity index (χ0) is 35.4. The highest BCUT2D eigenvalue weighted by Crippen LogP contribution is 2.04. The summed E-state index contributed by atoms with van der Waals surface area (Å²) in [6.07, 6.45) is -0.151. The highest BCUT2D eigenvalue weighted by Gasteiger charge is 2.32. The molecule has 5 atom stereocenters. The molecule has 22 heteroatoms. The summed E-state index contributed by atoms with van der Waals surface area (Å²) in [5.41, 5.74) is 26.4. The number of thiol groups is 2. The van der Waals surface area contributed by atoms with Gasteiger partial charge >= 0.3 is 5.97 Å². The van der Waals surface area contributed by atoms with Gasteiger partial charge in [0.2, 0.25) is 35.4 Å². The molecule has 0 spiro atoms. The van der Waals surface area contributed by atoms with Gasteiger partial charge in [-0.3, -0.25) is 43.5 Å². The third kappa shape index (κ3) is 17.7. The molecule has 0 aliphatic carbocycles. The van der Waals surface area contributed by atoms with E-state index in [2.05, 4.69) is 61.8 Å². The predicted molar refractivity (Wildman–Crippen MR) is 174 cm³/mol. The van der Waals surface area contributed by atoms with Crippen molar-refractivity contribution in [2.24, 2.45) is 38.7 Å². The van der Waals surface area contributed by atoms with Gasteiger partial charge in [0.15, 0.2) is 11.9 Å². The van der Waals surface area contributed by atoms with Crippen molar-refractivity contribution in [1.82, 2.24) is 26.6 Å². The molecule has 6 amide bonds. The Labute approximate surface area is 276 Å². The van der Waals surface area contributed by atoms with Gasteiger partial charge in [-0.15, -0.1) is 0 Å². The smallest absolute Gasteiger partial charge is 0.305 e. The first-order valence-corrected chi connectivity index (χ1v) is 15.1. The van der Waals surface area contributed by atoms with E-state index in [-0.39, 0.29) is 55.8 Å². The summed E-state index contributed by atoms with van der Waals surface area (Å²) in [4.78, 5) is 94.3. The molecule has 0 unspecified atom stereocenters. The van der Waals surface area contributed by atoms with Gasteiger partial charge in [0, 0.05) is 31.5 Å². The van der Waals surface area contributed by atoms with Crippen molar-refractivity contribution >= 4 is 78.6 Å². The summed E-state index contributed by atoms with van der Waals surface area (Å²) in [5, 5.41) is 21.1. The standard InChI is InChI=1S/C24H44N12O8S2/c1-11(37)32-13(5-3-7-31-24(28)29)19(41)35-16(10-46)22(44)34-14(8-17(38)39)20(42)36-15(9-45)21(43)33-12(18(25)40)4-2-6-30-23(26)27/h12-16,45-46H,2-10H2,1H3,(H2,25,40)(H,32,37)(H,33,43)(H,34,44)(H,35,41)(H,36,42)(H,38,39)(H4,26,27,30)(H4,28,29,31)/t12-,13-,14-,15-,16-/m0/s1. The predicted octanol–water partition coefficient (Wildman–Crippen LogP) is -5.64. The van der Waals surface area contributed by atoms with Crippen molar-refractivity contribution in [1.29, 1.82) is 0 Å². The molecule has 0 saturated carbocycles. The average Bonchev–Trinajstić information content (AvgIpc) is 2.95. The molecule has 0 aliphatic rings. The van der Waals surface area contributed by atoms with Gasteiger partial charge in [0.05, 0.1) is 6.42 Å². The van der Waals surface area contributed by atoms with Gasteiger partial charge < -0.3 is 60.4 Å². The van der Waals surface area contributed by atoms with Gasteiger partial charge in [-0.2, -0.15) is 25.3 Å². The zero-order valence-electron chi connectivity index (χ0n) is 25.2. The summed E-state index contributed by atoms with van der Waals surface area (Å²) < 4.78 is 0. The topological polar surface area (TPSA) is 355 Å². The fourth-order valence-corrected chi connectivity index (χ4v) is 4.18. The number of carbonyl (C=O) groups excluding carboxylic acids is 6. The van der Waals surface area contributed by atoms with E-state index in [1.807, 2.05) is 0 Å². The van der Waals surface area contributed by atoms with Crippen LogP contribution in [0.5, 0.6) is 0 Å². The number of aliphatic carboxylic acids is 1. The van der Waals surface area contributed by atoms with E-state index in [9.17, 15) is 38.7 Å². The van der Waals surface area contributed by atoms with Gasteiger partial charge in [0.1, 0.15) is 30.2 Å². The SMILES string of the molecule is CC(=O)N[C@@H](CCCN=C(N)N)C(=O)N[C@@H](CS)C(=O)N[C@@H](CC(=O)O)C(=O)N[C@@H](CS)C(=O)N[C@@H](CCCN=C(N)N)C(N)=O. The fraction of sp³-hybridized carbons (Fsp3) is 0.625. The lowest BCUT2D eigenvalue weighted by Crippen LogP contribution is -2.60. The van der Waals surface area contributed by atoms with E-state index >= 15 is 0 Å². The molecule has 0 radical (unpaired) electrons. The van der Waals surface area contributed by atoms with Crippen molar-refractivity contribution in [3.63, 3.8) is 0 Å². The van der Waals surface area contributed by atoms with E-state index in [1.54, 1.807) is 0 Å². The summed E-state index contributed by atoms with van der Waals surface area (Å²) in [7, 11) is 0. The minimum Gasteiger partial charge on any atom is -0.481 e. The van der Waals surface area contributed by atoms with Gasteiger partial charge in [-0.1, -0.05) is 0 Å². The maximum Gasteiger partial charge on any atom is 0.305 e. The molecule has 0 heterocycles. The molecule has 0 aromatic carbocycles. The number of amides is 6. The van der Waals surface area contributed by atoms with Crippen molar-refractivity contribution in [3.05, 3.63) is 0 Å². The van der Waals surface area contributed by atoms with Crippen molar-refractivity contribution < 1.29 is 38.7 Å². The van der Waals surface area contributed by atoms with E-state index in [4.69, 9.17) is 28.7 Å². The molecular weight excluding hydrogens is 648 g/mol. The normalized spacial score (nSPS) is 13.7. The first kappa shape index (κ1) is 41.5. The van der Waals surface area contributed by atoms with Crippen LogP contribution in [0, 0.1) is 0 Å². The molecule has 0 aromatic heterocycles. The summed E-state index contributed by atoms with van der Waals surface area (Å²) in [5.74, 6) is -7.42. The third-order valence-corrected chi connectivity index (χ3v) is 6.62. The zero-order valence-corrected chi connectivity index (χ0v) is 27.0. The van der Waals surface area contributed by atoms with Gasteiger partial charge in [-0.25, -0.2) is 0 Å².